The van der Waals surface area contributed by atoms with E-state index >= 15 is 0 Å². The third-order valence-corrected chi connectivity index (χ3v) is 2.63. The first-order valence-corrected chi connectivity index (χ1v) is 5.99. The summed E-state index contributed by atoms with van der Waals surface area (Å²) in [5, 5.41) is 11.9. The number of nitrogens with one attached hydrogen (secondary N) is 1. The largest absolute Gasteiger partial charge is 0.355 e. The topological polar surface area (TPSA) is 56.1 Å². The maximum atomic E-state index is 11.7. The lowest BCUT2D eigenvalue weighted by Gasteiger charge is -2.12. The molecule has 1 aromatic carbocycles. The molecular formula is C14H19N3O. The zero-order valence-corrected chi connectivity index (χ0v) is 10.9. The second-order valence-corrected chi connectivity index (χ2v) is 4.45. The van der Waals surface area contributed by atoms with E-state index in [1.165, 1.54) is 0 Å². The zero-order valence-electron chi connectivity index (χ0n) is 10.9. The number of rotatable bonds is 6. The van der Waals surface area contributed by atoms with E-state index in [4.69, 9.17) is 5.26 Å². The highest BCUT2D eigenvalue weighted by molar-refractivity contribution is 5.77. The molecule has 0 saturated heterocycles. The van der Waals surface area contributed by atoms with Crippen molar-refractivity contribution in [3.8, 4) is 6.07 Å². The zero-order chi connectivity index (χ0) is 13.4. The number of nitrogens with zero attached hydrogens (tertiary/aromatic N) is 2. The van der Waals surface area contributed by atoms with Gasteiger partial charge in [0.05, 0.1) is 12.0 Å². The van der Waals surface area contributed by atoms with E-state index < -0.39 is 0 Å². The number of nitriles is 1. The molecule has 0 aliphatic carbocycles. The Morgan fingerprint density at radius 3 is 2.61 bits per heavy atom. The highest BCUT2D eigenvalue weighted by Gasteiger charge is 2.14. The fraction of sp³-hybridized carbons (Fsp3) is 0.429. The fourth-order valence-electron chi connectivity index (χ4n) is 1.60. The molecule has 18 heavy (non-hydrogen) atoms. The van der Waals surface area contributed by atoms with Crippen LogP contribution in [0.25, 0.3) is 0 Å². The van der Waals surface area contributed by atoms with E-state index in [0.717, 1.165) is 12.1 Å². The highest BCUT2D eigenvalue weighted by Crippen LogP contribution is 2.17. The van der Waals surface area contributed by atoms with Crippen molar-refractivity contribution in [3.63, 3.8) is 0 Å². The van der Waals surface area contributed by atoms with Crippen molar-refractivity contribution in [2.24, 2.45) is 0 Å². The van der Waals surface area contributed by atoms with Crippen LogP contribution in [0.15, 0.2) is 30.3 Å². The van der Waals surface area contributed by atoms with Gasteiger partial charge in [-0.05, 0) is 19.7 Å². The lowest BCUT2D eigenvalue weighted by Crippen LogP contribution is -2.32. The minimum atomic E-state index is -0.370. The van der Waals surface area contributed by atoms with Gasteiger partial charge in [-0.3, -0.25) is 4.79 Å². The lowest BCUT2D eigenvalue weighted by molar-refractivity contribution is -0.121. The molecule has 0 aliphatic rings. The summed E-state index contributed by atoms with van der Waals surface area (Å²) < 4.78 is 0. The van der Waals surface area contributed by atoms with Crippen LogP contribution in [0.4, 0.5) is 0 Å². The van der Waals surface area contributed by atoms with Gasteiger partial charge in [0.1, 0.15) is 0 Å². The van der Waals surface area contributed by atoms with E-state index in [-0.39, 0.29) is 18.2 Å². The normalized spacial score (nSPS) is 11.9. The van der Waals surface area contributed by atoms with Crippen LogP contribution in [-0.4, -0.2) is 38.0 Å². The third kappa shape index (κ3) is 4.98. The summed E-state index contributed by atoms with van der Waals surface area (Å²) in [6.45, 7) is 1.41. The molecular weight excluding hydrogens is 226 g/mol. The second-order valence-electron chi connectivity index (χ2n) is 4.45. The average molecular weight is 245 g/mol. The Morgan fingerprint density at radius 2 is 2.06 bits per heavy atom. The molecule has 1 amide bonds. The van der Waals surface area contributed by atoms with Gasteiger partial charge in [-0.1, -0.05) is 30.3 Å². The number of hydrogen-bond donors (Lipinski definition) is 1. The van der Waals surface area contributed by atoms with Crippen LogP contribution in [-0.2, 0) is 4.79 Å². The van der Waals surface area contributed by atoms with Gasteiger partial charge in [0.25, 0.3) is 0 Å². The first-order chi connectivity index (χ1) is 8.63. The second kappa shape index (κ2) is 7.46. The SMILES string of the molecule is CN(C)CCNC(=O)CC(C#N)c1ccccc1. The Labute approximate surface area is 108 Å². The molecule has 1 N–H and O–H groups in total. The van der Waals surface area contributed by atoms with Crippen molar-refractivity contribution in [2.45, 2.75) is 12.3 Å². The highest BCUT2D eigenvalue weighted by atomic mass is 16.1. The van der Waals surface area contributed by atoms with Crippen molar-refractivity contribution in [2.75, 3.05) is 27.2 Å². The minimum Gasteiger partial charge on any atom is -0.355 e. The molecule has 0 fully saturated rings. The summed E-state index contributed by atoms with van der Waals surface area (Å²) in [5.41, 5.74) is 0.891. The lowest BCUT2D eigenvalue weighted by atomic mass is 9.97. The van der Waals surface area contributed by atoms with Crippen molar-refractivity contribution in [1.82, 2.24) is 10.2 Å². The van der Waals surface area contributed by atoms with Gasteiger partial charge in [-0.2, -0.15) is 5.26 Å². The number of carbonyl (C=O) groups is 1. The van der Waals surface area contributed by atoms with Crippen molar-refractivity contribution in [3.05, 3.63) is 35.9 Å². The minimum absolute atomic E-state index is 0.0766. The summed E-state index contributed by atoms with van der Waals surface area (Å²) in [6, 6.07) is 11.6. The van der Waals surface area contributed by atoms with Crippen LogP contribution >= 0.6 is 0 Å². The van der Waals surface area contributed by atoms with E-state index in [9.17, 15) is 4.79 Å². The molecule has 4 nitrogen and oxygen atoms in total. The van der Waals surface area contributed by atoms with Gasteiger partial charge in [0.2, 0.25) is 5.91 Å². The van der Waals surface area contributed by atoms with Crippen LogP contribution in [0.3, 0.4) is 0 Å². The maximum absolute atomic E-state index is 11.7. The maximum Gasteiger partial charge on any atom is 0.221 e. The van der Waals surface area contributed by atoms with Crippen LogP contribution in [0.1, 0.15) is 17.9 Å². The van der Waals surface area contributed by atoms with Crippen molar-refractivity contribution in [1.29, 1.82) is 5.26 Å². The molecule has 0 bridgehead atoms. The number of carbonyl (C=O) groups excluding carboxylic acids is 1. The van der Waals surface area contributed by atoms with Gasteiger partial charge in [-0.15, -0.1) is 0 Å². The number of likely N-dealkylation sites (N-methyl/N-ethyl adjacent to an activating group) is 1. The van der Waals surface area contributed by atoms with Crippen LogP contribution in [0, 0.1) is 11.3 Å². The molecule has 0 radical (unpaired) electrons. The van der Waals surface area contributed by atoms with Gasteiger partial charge in [0.15, 0.2) is 0 Å². The molecule has 96 valence electrons. The number of amides is 1. The predicted octanol–water partition coefficient (Wildman–Crippen LogP) is 1.36. The molecule has 1 unspecified atom stereocenters. The van der Waals surface area contributed by atoms with Crippen molar-refractivity contribution < 1.29 is 4.79 Å². The molecule has 0 aliphatic heterocycles. The molecule has 0 saturated carbocycles. The van der Waals surface area contributed by atoms with Crippen LogP contribution in [0.2, 0.25) is 0 Å². The quantitative estimate of drug-likeness (QED) is 0.823. The van der Waals surface area contributed by atoms with Crippen LogP contribution < -0.4 is 5.32 Å². The Balaban J connectivity index is 2.45. The summed E-state index contributed by atoms with van der Waals surface area (Å²) >= 11 is 0. The summed E-state index contributed by atoms with van der Waals surface area (Å²) in [7, 11) is 3.91. The number of hydrogen-bond acceptors (Lipinski definition) is 3. The smallest absolute Gasteiger partial charge is 0.221 e. The molecule has 0 heterocycles. The predicted molar refractivity (Wildman–Crippen MR) is 71.0 cm³/mol. The van der Waals surface area contributed by atoms with E-state index in [2.05, 4.69) is 11.4 Å². The molecule has 0 spiro atoms. The van der Waals surface area contributed by atoms with Gasteiger partial charge in [0, 0.05) is 19.5 Å². The molecule has 1 atom stereocenters. The Bertz CT molecular complexity index is 409. The summed E-state index contributed by atoms with van der Waals surface area (Å²) in [4.78, 5) is 13.7. The Morgan fingerprint density at radius 1 is 1.39 bits per heavy atom. The molecule has 1 aromatic rings. The Hall–Kier alpha value is -1.86. The Kier molecular flexibility index (Phi) is 5.89. The molecule has 0 aromatic heterocycles. The van der Waals surface area contributed by atoms with Gasteiger partial charge >= 0.3 is 0 Å². The number of benzene rings is 1. The average Bonchev–Trinajstić information content (AvgIpc) is 2.36. The van der Waals surface area contributed by atoms with E-state index in [1.54, 1.807) is 0 Å². The van der Waals surface area contributed by atoms with E-state index in [1.807, 2.05) is 49.3 Å². The molecule has 4 heteroatoms. The molecule has 1 rings (SSSR count). The monoisotopic (exact) mass is 245 g/mol. The van der Waals surface area contributed by atoms with Crippen molar-refractivity contribution >= 4 is 5.91 Å². The third-order valence-electron chi connectivity index (χ3n) is 2.63. The first-order valence-electron chi connectivity index (χ1n) is 5.99. The van der Waals surface area contributed by atoms with Crippen LogP contribution in [0.5, 0.6) is 0 Å². The van der Waals surface area contributed by atoms with Gasteiger partial charge < -0.3 is 10.2 Å². The standard InChI is InChI=1S/C14H19N3O/c1-17(2)9-8-16-14(18)10-13(11-15)12-6-4-3-5-7-12/h3-7,13H,8-10H2,1-2H3,(H,16,18). The van der Waals surface area contributed by atoms with Gasteiger partial charge in [-0.25, -0.2) is 0 Å². The van der Waals surface area contributed by atoms with E-state index in [0.29, 0.717) is 6.54 Å². The summed E-state index contributed by atoms with van der Waals surface area (Å²) in [5.74, 6) is -0.446. The summed E-state index contributed by atoms with van der Waals surface area (Å²) in [6.07, 6.45) is 0.216. The first kappa shape index (κ1) is 14.2. The fourth-order valence-corrected chi connectivity index (χ4v) is 1.60.